The molecule has 26 heavy (non-hydrogen) atoms. The third-order valence-electron chi connectivity index (χ3n) is 4.99. The summed E-state index contributed by atoms with van der Waals surface area (Å²) in [6, 6.07) is 12.9. The predicted molar refractivity (Wildman–Crippen MR) is 123 cm³/mol. The summed E-state index contributed by atoms with van der Waals surface area (Å²) >= 11 is 0.996. The number of halogens is 3. The van der Waals surface area contributed by atoms with Crippen LogP contribution in [0.5, 0.6) is 0 Å². The summed E-state index contributed by atoms with van der Waals surface area (Å²) in [4.78, 5) is 1.25. The van der Waals surface area contributed by atoms with Gasteiger partial charge in [0.1, 0.15) is 0 Å². The first-order chi connectivity index (χ1) is 11.9. The van der Waals surface area contributed by atoms with Gasteiger partial charge in [-0.2, -0.15) is 0 Å². The van der Waals surface area contributed by atoms with Crippen molar-refractivity contribution in [1.29, 1.82) is 0 Å². The standard InChI is InChI=1S/C13H8BrS.C4H10N.C2H7Si.2ClH.Zr/c14-13-6-5-12(15-13)11-7-9-3-1-2-4-10(9)8-11;1-4(2,3)5;1-3-2;;;/h1-8H;5H,1-3H3;3H,1-2H3;2*1H;/q;-1;;;;+3/p-2. The Bertz CT molecular complexity index is 872. The van der Waals surface area contributed by atoms with Crippen LogP contribution in [0.1, 0.15) is 40.4 Å². The normalized spacial score (nSPS) is 19.2. The molecule has 1 unspecified atom stereocenters. The fourth-order valence-corrected chi connectivity index (χ4v) is 32.3. The molecule has 1 aliphatic carbocycles. The molecule has 3 rings (SSSR count). The van der Waals surface area contributed by atoms with E-state index in [1.807, 2.05) is 0 Å². The Morgan fingerprint density at radius 1 is 1.12 bits per heavy atom. The van der Waals surface area contributed by atoms with E-state index in [-0.39, 0.29) is 9.16 Å². The molecule has 0 saturated heterocycles. The summed E-state index contributed by atoms with van der Waals surface area (Å²) in [7, 11) is 15.4. The molecule has 1 heterocycles. The van der Waals surface area contributed by atoms with Crippen molar-refractivity contribution >= 4 is 61.9 Å². The zero-order chi connectivity index (χ0) is 19.4. The summed E-state index contributed by atoms with van der Waals surface area (Å²) < 4.78 is 5.07. The second-order valence-electron chi connectivity index (χ2n) is 8.45. The Hall–Kier alpha value is 0.780. The second kappa shape index (κ2) is 7.23. The summed E-state index contributed by atoms with van der Waals surface area (Å²) in [5.41, 5.74) is 3.71. The molecule has 0 bridgehead atoms. The number of hydrogen-bond acceptors (Lipinski definition) is 2. The van der Waals surface area contributed by atoms with Crippen LogP contribution in [0.2, 0.25) is 13.1 Å². The van der Waals surface area contributed by atoms with Crippen LogP contribution in [0, 0.1) is 0 Å². The van der Waals surface area contributed by atoms with Gasteiger partial charge in [-0.1, -0.05) is 0 Å². The Kier molecular flexibility index (Phi) is 5.98. The van der Waals surface area contributed by atoms with Crippen molar-refractivity contribution in [3.05, 3.63) is 56.2 Å². The van der Waals surface area contributed by atoms with Gasteiger partial charge in [0, 0.05) is 0 Å². The summed E-state index contributed by atoms with van der Waals surface area (Å²) in [6.07, 6.45) is 2.30. The van der Waals surface area contributed by atoms with Gasteiger partial charge < -0.3 is 0 Å². The number of benzene rings is 1. The van der Waals surface area contributed by atoms with Crippen molar-refractivity contribution in [3.63, 3.8) is 0 Å². The van der Waals surface area contributed by atoms with E-state index < -0.39 is 21.8 Å². The monoisotopic (exact) mass is 566 g/mol. The third kappa shape index (κ3) is 3.92. The van der Waals surface area contributed by atoms with Gasteiger partial charge in [0.25, 0.3) is 0 Å². The zero-order valence-electron chi connectivity index (χ0n) is 15.7. The molecular formula is C19H25BrCl2NSSiZr. The van der Waals surface area contributed by atoms with Crippen LogP contribution >= 0.6 is 44.3 Å². The summed E-state index contributed by atoms with van der Waals surface area (Å²) in [6.45, 7) is 11.1. The van der Waals surface area contributed by atoms with E-state index in [4.69, 9.17) is 17.0 Å². The summed E-state index contributed by atoms with van der Waals surface area (Å²) in [5.74, 6) is -1.40. The van der Waals surface area contributed by atoms with E-state index in [1.54, 1.807) is 11.3 Å². The first-order valence-corrected chi connectivity index (χ1v) is 26.6. The van der Waals surface area contributed by atoms with Gasteiger partial charge in [0.2, 0.25) is 0 Å². The number of thiophene rings is 1. The Morgan fingerprint density at radius 3 is 2.31 bits per heavy atom. The molecule has 0 radical (unpaired) electrons. The van der Waals surface area contributed by atoms with Crippen LogP contribution < -0.4 is 3.26 Å². The van der Waals surface area contributed by atoms with Crippen molar-refractivity contribution in [2.24, 2.45) is 0 Å². The third-order valence-corrected chi connectivity index (χ3v) is 53.6. The van der Waals surface area contributed by atoms with E-state index in [0.29, 0.717) is 0 Å². The van der Waals surface area contributed by atoms with Gasteiger partial charge in [-0.05, 0) is 0 Å². The minimum absolute atomic E-state index is 0.0902. The minimum atomic E-state index is -4.37. The van der Waals surface area contributed by atoms with Crippen LogP contribution in [0.4, 0.5) is 0 Å². The van der Waals surface area contributed by atoms with Crippen molar-refractivity contribution < 1.29 is 15.8 Å². The molecule has 0 saturated carbocycles. The van der Waals surface area contributed by atoms with Gasteiger partial charge >= 0.3 is 180 Å². The van der Waals surface area contributed by atoms with E-state index in [2.05, 4.69) is 95.5 Å². The summed E-state index contributed by atoms with van der Waals surface area (Å²) in [5, 5.41) is 0. The molecule has 1 atom stereocenters. The fraction of sp³-hybridized carbons (Fsp3) is 0.368. The van der Waals surface area contributed by atoms with Crippen molar-refractivity contribution in [3.8, 4) is 0 Å². The molecule has 1 aromatic heterocycles. The first kappa shape index (κ1) is 21.5. The van der Waals surface area contributed by atoms with Gasteiger partial charge in [0.05, 0.1) is 0 Å². The van der Waals surface area contributed by atoms with Gasteiger partial charge in [-0.15, -0.1) is 0 Å². The molecular weight excluding hydrogens is 544 g/mol. The molecule has 141 valence electrons. The van der Waals surface area contributed by atoms with Crippen LogP contribution in [-0.4, -0.2) is 11.5 Å². The van der Waals surface area contributed by atoms with Crippen LogP contribution in [-0.2, 0) is 15.8 Å². The molecule has 1 aliphatic rings. The predicted octanol–water partition coefficient (Wildman–Crippen LogP) is 7.39. The SMILES string of the molecule is C[SiH](C)[Zr]([Cl])([Cl])([NH]C(C)(C)C)[CH]1C(c2ccc(Br)s2)=Cc2ccccc21. The van der Waals surface area contributed by atoms with E-state index in [9.17, 15) is 0 Å². The van der Waals surface area contributed by atoms with Crippen molar-refractivity contribution in [2.45, 2.75) is 43.0 Å². The maximum atomic E-state index is 7.68. The quantitative estimate of drug-likeness (QED) is 0.379. The number of fused-ring (bicyclic) bond motifs is 1. The molecule has 7 heteroatoms. The van der Waals surface area contributed by atoms with E-state index in [0.717, 1.165) is 3.79 Å². The topological polar surface area (TPSA) is 12.0 Å². The molecule has 1 nitrogen and oxygen atoms in total. The van der Waals surface area contributed by atoms with Gasteiger partial charge in [0.15, 0.2) is 0 Å². The van der Waals surface area contributed by atoms with Gasteiger partial charge in [-0.3, -0.25) is 0 Å². The Morgan fingerprint density at radius 2 is 1.77 bits per heavy atom. The number of rotatable bonds is 4. The second-order valence-corrected chi connectivity index (χ2v) is 51.6. The number of nitrogens with one attached hydrogen (secondary N) is 1. The van der Waals surface area contributed by atoms with Crippen LogP contribution in [0.15, 0.2) is 40.2 Å². The average Bonchev–Trinajstić information content (AvgIpc) is 3.08. The van der Waals surface area contributed by atoms with Crippen molar-refractivity contribution in [1.82, 2.24) is 3.26 Å². The first-order valence-electron chi connectivity index (χ1n) is 8.85. The number of allylic oxidation sites excluding steroid dienone is 1. The molecule has 0 amide bonds. The van der Waals surface area contributed by atoms with E-state index >= 15 is 0 Å². The maximum absolute atomic E-state index is 7.68. The number of hydrogen-bond donors (Lipinski definition) is 1. The molecule has 1 aromatic carbocycles. The molecule has 1 N–H and O–H groups in total. The Balaban J connectivity index is 2.25. The zero-order valence-corrected chi connectivity index (χ0v) is 23.3. The average molecular weight is 570 g/mol. The molecule has 0 aliphatic heterocycles. The molecule has 0 spiro atoms. The molecule has 2 aromatic rings. The van der Waals surface area contributed by atoms with Gasteiger partial charge in [-0.25, -0.2) is 0 Å². The van der Waals surface area contributed by atoms with Crippen LogP contribution in [0.25, 0.3) is 11.6 Å². The van der Waals surface area contributed by atoms with Crippen LogP contribution in [0.3, 0.4) is 0 Å². The van der Waals surface area contributed by atoms with E-state index in [1.165, 1.54) is 21.6 Å². The molecule has 0 fully saturated rings. The fourth-order valence-electron chi connectivity index (χ4n) is 3.84. The van der Waals surface area contributed by atoms with Crippen molar-refractivity contribution in [2.75, 3.05) is 0 Å². The Labute approximate surface area is 178 Å².